The molecule has 1 aromatic heterocycles. The lowest BCUT2D eigenvalue weighted by atomic mass is 10.2. The maximum Gasteiger partial charge on any atom is 0.174 e. The van der Waals surface area contributed by atoms with E-state index in [2.05, 4.69) is 21.2 Å². The van der Waals surface area contributed by atoms with E-state index >= 15 is 0 Å². The minimum Gasteiger partial charge on any atom is -0.467 e. The van der Waals surface area contributed by atoms with Crippen molar-refractivity contribution in [2.45, 2.75) is 13.1 Å². The van der Waals surface area contributed by atoms with E-state index in [0.29, 0.717) is 22.2 Å². The normalized spacial score (nSPS) is 10.6. The van der Waals surface area contributed by atoms with Crippen LogP contribution < -0.4 is 5.32 Å². The van der Waals surface area contributed by atoms with Gasteiger partial charge in [0.05, 0.1) is 12.8 Å². The van der Waals surface area contributed by atoms with Crippen LogP contribution >= 0.6 is 39.7 Å². The van der Waals surface area contributed by atoms with Crippen LogP contribution in [0.4, 0.5) is 10.1 Å². The Morgan fingerprint density at radius 3 is 2.54 bits per heavy atom. The van der Waals surface area contributed by atoms with Crippen molar-refractivity contribution in [3.63, 3.8) is 0 Å². The highest BCUT2D eigenvalue weighted by molar-refractivity contribution is 9.10. The minimum atomic E-state index is -0.367. The molecule has 3 rings (SSSR count). The monoisotopic (exact) mass is 452 g/mol. The third-order valence-corrected chi connectivity index (χ3v) is 4.96. The second kappa shape index (κ2) is 8.66. The molecule has 0 atom stereocenters. The number of halogens is 3. The fourth-order valence-corrected chi connectivity index (χ4v) is 3.13. The van der Waals surface area contributed by atoms with Gasteiger partial charge >= 0.3 is 0 Å². The summed E-state index contributed by atoms with van der Waals surface area (Å²) in [6.07, 6.45) is 1.59. The number of rotatable bonds is 5. The molecule has 0 unspecified atom stereocenters. The number of furan rings is 1. The number of thiocarbonyl (C=S) groups is 1. The van der Waals surface area contributed by atoms with Crippen molar-refractivity contribution in [3.8, 4) is 0 Å². The Hall–Kier alpha value is -1.89. The largest absolute Gasteiger partial charge is 0.467 e. The molecule has 0 aliphatic carbocycles. The fraction of sp³-hybridized carbons (Fsp3) is 0.105. The molecular weight excluding hydrogens is 439 g/mol. The van der Waals surface area contributed by atoms with E-state index in [1.54, 1.807) is 29.4 Å². The van der Waals surface area contributed by atoms with E-state index in [-0.39, 0.29) is 12.4 Å². The molecule has 0 spiro atoms. The van der Waals surface area contributed by atoms with Gasteiger partial charge < -0.3 is 14.6 Å². The van der Waals surface area contributed by atoms with Gasteiger partial charge in [-0.2, -0.15) is 0 Å². The first kappa shape index (κ1) is 18.9. The molecule has 0 bridgehead atoms. The van der Waals surface area contributed by atoms with Crippen molar-refractivity contribution in [2.75, 3.05) is 5.32 Å². The number of benzene rings is 2. The smallest absolute Gasteiger partial charge is 0.174 e. The summed E-state index contributed by atoms with van der Waals surface area (Å²) in [4.78, 5) is 1.81. The predicted octanol–water partition coefficient (Wildman–Crippen LogP) is 6.23. The molecule has 26 heavy (non-hydrogen) atoms. The van der Waals surface area contributed by atoms with Gasteiger partial charge in [-0.15, -0.1) is 0 Å². The molecule has 0 aliphatic rings. The van der Waals surface area contributed by atoms with E-state index in [1.807, 2.05) is 30.3 Å². The zero-order valence-corrected chi connectivity index (χ0v) is 16.7. The minimum absolute atomic E-state index is 0.217. The molecule has 0 radical (unpaired) electrons. The third-order valence-electron chi connectivity index (χ3n) is 3.72. The molecule has 0 aliphatic heterocycles. The zero-order valence-electron chi connectivity index (χ0n) is 13.6. The lowest BCUT2D eigenvalue weighted by Gasteiger charge is -2.26. The number of anilines is 1. The summed E-state index contributed by atoms with van der Waals surface area (Å²) in [5, 5.41) is 3.98. The van der Waals surface area contributed by atoms with Gasteiger partial charge in [0.25, 0.3) is 0 Å². The molecule has 3 nitrogen and oxygen atoms in total. The third kappa shape index (κ3) is 4.84. The first-order valence-electron chi connectivity index (χ1n) is 7.79. The predicted molar refractivity (Wildman–Crippen MR) is 110 cm³/mol. The average molecular weight is 454 g/mol. The Morgan fingerprint density at radius 1 is 1.12 bits per heavy atom. The number of hydrogen-bond donors (Lipinski definition) is 1. The van der Waals surface area contributed by atoms with Crippen LogP contribution in [-0.2, 0) is 13.1 Å². The molecule has 0 saturated heterocycles. The summed E-state index contributed by atoms with van der Waals surface area (Å²) in [6.45, 7) is 0.606. The SMILES string of the molecule is Fc1cccc(Cl)c1CN(Cc1ccco1)C(=S)Nc1ccc(Br)cc1. The molecule has 1 heterocycles. The highest BCUT2D eigenvalue weighted by atomic mass is 79.9. The van der Waals surface area contributed by atoms with Crippen LogP contribution in [0.5, 0.6) is 0 Å². The topological polar surface area (TPSA) is 28.4 Å². The van der Waals surface area contributed by atoms with E-state index in [4.69, 9.17) is 28.2 Å². The first-order chi connectivity index (χ1) is 12.5. The van der Waals surface area contributed by atoms with Crippen molar-refractivity contribution in [2.24, 2.45) is 0 Å². The number of nitrogens with zero attached hydrogens (tertiary/aromatic N) is 1. The van der Waals surface area contributed by atoms with Crippen molar-refractivity contribution in [3.05, 3.63) is 87.5 Å². The van der Waals surface area contributed by atoms with Crippen LogP contribution in [-0.4, -0.2) is 10.0 Å². The molecule has 2 aromatic carbocycles. The van der Waals surface area contributed by atoms with Crippen molar-refractivity contribution >= 4 is 50.5 Å². The van der Waals surface area contributed by atoms with E-state index < -0.39 is 0 Å². The lowest BCUT2D eigenvalue weighted by Crippen LogP contribution is -2.34. The van der Waals surface area contributed by atoms with Crippen LogP contribution in [0.1, 0.15) is 11.3 Å². The maximum atomic E-state index is 14.2. The van der Waals surface area contributed by atoms with Crippen LogP contribution in [0, 0.1) is 5.82 Å². The Kier molecular flexibility index (Phi) is 6.29. The van der Waals surface area contributed by atoms with Crippen LogP contribution in [0.25, 0.3) is 0 Å². The Balaban J connectivity index is 1.82. The summed E-state index contributed by atoms with van der Waals surface area (Å²) in [5.74, 6) is 0.353. The fourth-order valence-electron chi connectivity index (χ4n) is 2.40. The molecule has 134 valence electrons. The lowest BCUT2D eigenvalue weighted by molar-refractivity contribution is 0.355. The molecular formula is C19H15BrClFN2OS. The number of hydrogen-bond acceptors (Lipinski definition) is 2. The second-order valence-electron chi connectivity index (χ2n) is 5.57. The van der Waals surface area contributed by atoms with Gasteiger partial charge in [-0.25, -0.2) is 4.39 Å². The Morgan fingerprint density at radius 2 is 1.88 bits per heavy atom. The number of nitrogens with one attached hydrogen (secondary N) is 1. The standard InChI is InChI=1S/C19H15BrClFN2OS/c20-13-6-8-14(9-7-13)23-19(26)24(11-15-3-2-10-25-15)12-16-17(21)4-1-5-18(16)22/h1-10H,11-12H2,(H,23,26). The molecule has 0 saturated carbocycles. The van der Waals surface area contributed by atoms with Gasteiger partial charge in [-0.05, 0) is 60.7 Å². The van der Waals surface area contributed by atoms with Crippen LogP contribution in [0.2, 0.25) is 5.02 Å². The molecule has 0 fully saturated rings. The van der Waals surface area contributed by atoms with Gasteiger partial charge in [-0.1, -0.05) is 33.6 Å². The van der Waals surface area contributed by atoms with Crippen molar-refractivity contribution in [1.82, 2.24) is 4.90 Å². The van der Waals surface area contributed by atoms with Gasteiger partial charge in [0.2, 0.25) is 0 Å². The van der Waals surface area contributed by atoms with Gasteiger partial charge in [0.15, 0.2) is 5.11 Å². The summed E-state index contributed by atoms with van der Waals surface area (Å²) in [6, 6.07) is 15.9. The summed E-state index contributed by atoms with van der Waals surface area (Å²) < 4.78 is 20.6. The van der Waals surface area contributed by atoms with E-state index in [9.17, 15) is 4.39 Å². The highest BCUT2D eigenvalue weighted by Gasteiger charge is 2.17. The quantitative estimate of drug-likeness (QED) is 0.463. The average Bonchev–Trinajstić information content (AvgIpc) is 3.12. The summed E-state index contributed by atoms with van der Waals surface area (Å²) in [5.41, 5.74) is 1.22. The highest BCUT2D eigenvalue weighted by Crippen LogP contribution is 2.23. The van der Waals surface area contributed by atoms with Gasteiger partial charge in [-0.3, -0.25) is 0 Å². The maximum absolute atomic E-state index is 14.2. The zero-order chi connectivity index (χ0) is 18.5. The molecule has 7 heteroatoms. The molecule has 3 aromatic rings. The van der Waals surface area contributed by atoms with Crippen molar-refractivity contribution < 1.29 is 8.81 Å². The molecule has 0 amide bonds. The first-order valence-corrected chi connectivity index (χ1v) is 9.37. The Bertz CT molecular complexity index is 867. The Labute approximate surface area is 169 Å². The summed E-state index contributed by atoms with van der Waals surface area (Å²) >= 11 is 15.1. The van der Waals surface area contributed by atoms with E-state index in [1.165, 1.54) is 6.07 Å². The van der Waals surface area contributed by atoms with Gasteiger partial charge in [0, 0.05) is 27.3 Å². The second-order valence-corrected chi connectivity index (χ2v) is 7.28. The van der Waals surface area contributed by atoms with Gasteiger partial charge in [0.1, 0.15) is 11.6 Å². The van der Waals surface area contributed by atoms with Crippen LogP contribution in [0.15, 0.2) is 69.8 Å². The van der Waals surface area contributed by atoms with E-state index in [0.717, 1.165) is 15.9 Å². The summed E-state index contributed by atoms with van der Waals surface area (Å²) in [7, 11) is 0. The molecule has 1 N–H and O–H groups in total. The van der Waals surface area contributed by atoms with Crippen LogP contribution in [0.3, 0.4) is 0 Å². The van der Waals surface area contributed by atoms with Crippen molar-refractivity contribution in [1.29, 1.82) is 0 Å².